The van der Waals surface area contributed by atoms with E-state index in [0.29, 0.717) is 13.1 Å². The molecule has 0 aromatic carbocycles. The molecule has 0 aliphatic carbocycles. The number of aromatic nitrogens is 2. The lowest BCUT2D eigenvalue weighted by Gasteiger charge is -2.25. The molecular weight excluding hydrogens is 260 g/mol. The first-order chi connectivity index (χ1) is 9.38. The Kier molecular flexibility index (Phi) is 6.02. The van der Waals surface area contributed by atoms with Crippen LogP contribution in [0.15, 0.2) is 18.7 Å². The van der Waals surface area contributed by atoms with E-state index in [1.807, 2.05) is 31.5 Å². The average Bonchev–Trinajstić information content (AvgIpc) is 2.79. The van der Waals surface area contributed by atoms with Crippen molar-refractivity contribution in [1.82, 2.24) is 19.8 Å². The predicted octanol–water partition coefficient (Wildman–Crippen LogP) is 1.02. The lowest BCUT2D eigenvalue weighted by Crippen LogP contribution is -2.48. The Morgan fingerprint density at radius 3 is 2.60 bits per heavy atom. The van der Waals surface area contributed by atoms with E-state index >= 15 is 0 Å². The fourth-order valence-corrected chi connectivity index (χ4v) is 1.88. The standard InChI is InChI=1S/C13H22N4O3/c1-10(2)6-17(8-12(18)19)13(20)15-11(3)7-16-5-4-14-9-16/h4-5,9-11H,6-8H2,1-3H3,(H,15,20)(H,18,19). The normalized spacial score (nSPS) is 12.2. The van der Waals surface area contributed by atoms with Gasteiger partial charge >= 0.3 is 12.0 Å². The molecule has 7 heteroatoms. The quantitative estimate of drug-likeness (QED) is 0.781. The van der Waals surface area contributed by atoms with Crippen molar-refractivity contribution < 1.29 is 14.7 Å². The van der Waals surface area contributed by atoms with Crippen LogP contribution < -0.4 is 5.32 Å². The summed E-state index contributed by atoms with van der Waals surface area (Å²) < 4.78 is 1.86. The van der Waals surface area contributed by atoms with Gasteiger partial charge in [0.05, 0.1) is 6.33 Å². The summed E-state index contributed by atoms with van der Waals surface area (Å²) in [6.07, 6.45) is 5.15. The van der Waals surface area contributed by atoms with Gasteiger partial charge in [0.1, 0.15) is 6.54 Å². The zero-order valence-electron chi connectivity index (χ0n) is 12.1. The maximum Gasteiger partial charge on any atom is 0.323 e. The number of imidazole rings is 1. The van der Waals surface area contributed by atoms with Gasteiger partial charge in [0.2, 0.25) is 0 Å². The SMILES string of the molecule is CC(C)CN(CC(=O)O)C(=O)NC(C)Cn1ccnc1. The van der Waals surface area contributed by atoms with Gasteiger partial charge in [0.15, 0.2) is 0 Å². The number of hydrogen-bond donors (Lipinski definition) is 2. The van der Waals surface area contributed by atoms with Crippen molar-refractivity contribution in [3.05, 3.63) is 18.7 Å². The summed E-state index contributed by atoms with van der Waals surface area (Å²) in [5.41, 5.74) is 0. The van der Waals surface area contributed by atoms with Crippen molar-refractivity contribution in [2.45, 2.75) is 33.4 Å². The third-order valence-corrected chi connectivity index (χ3v) is 2.61. The Balaban J connectivity index is 2.53. The molecule has 0 saturated heterocycles. The van der Waals surface area contributed by atoms with Crippen LogP contribution in [0.4, 0.5) is 4.79 Å². The van der Waals surface area contributed by atoms with E-state index in [1.54, 1.807) is 12.5 Å². The molecule has 0 spiro atoms. The maximum absolute atomic E-state index is 12.1. The third-order valence-electron chi connectivity index (χ3n) is 2.61. The highest BCUT2D eigenvalue weighted by Crippen LogP contribution is 2.01. The van der Waals surface area contributed by atoms with Crippen molar-refractivity contribution in [3.8, 4) is 0 Å². The second-order valence-electron chi connectivity index (χ2n) is 5.28. The van der Waals surface area contributed by atoms with Gasteiger partial charge in [-0.1, -0.05) is 13.8 Å². The van der Waals surface area contributed by atoms with Crippen LogP contribution in [0.1, 0.15) is 20.8 Å². The monoisotopic (exact) mass is 282 g/mol. The zero-order chi connectivity index (χ0) is 15.1. The minimum atomic E-state index is -1.01. The number of urea groups is 1. The highest BCUT2D eigenvalue weighted by atomic mass is 16.4. The molecule has 2 N–H and O–H groups in total. The van der Waals surface area contributed by atoms with Crippen LogP contribution in [0.3, 0.4) is 0 Å². The van der Waals surface area contributed by atoms with Gasteiger partial charge in [-0.15, -0.1) is 0 Å². The fourth-order valence-electron chi connectivity index (χ4n) is 1.88. The molecular formula is C13H22N4O3. The molecule has 0 saturated carbocycles. The molecule has 0 aliphatic heterocycles. The van der Waals surface area contributed by atoms with Crippen LogP contribution in [-0.4, -0.2) is 50.7 Å². The second kappa shape index (κ2) is 7.52. The molecule has 0 radical (unpaired) electrons. The van der Waals surface area contributed by atoms with Crippen molar-refractivity contribution in [2.24, 2.45) is 5.92 Å². The van der Waals surface area contributed by atoms with E-state index < -0.39 is 5.97 Å². The number of aliphatic carboxylic acids is 1. The minimum absolute atomic E-state index is 0.111. The molecule has 7 nitrogen and oxygen atoms in total. The van der Waals surface area contributed by atoms with Crippen LogP contribution in [-0.2, 0) is 11.3 Å². The van der Waals surface area contributed by atoms with Gasteiger partial charge in [-0.25, -0.2) is 9.78 Å². The van der Waals surface area contributed by atoms with Gasteiger partial charge in [0, 0.05) is 31.5 Å². The van der Waals surface area contributed by atoms with Crippen LogP contribution in [0, 0.1) is 5.92 Å². The minimum Gasteiger partial charge on any atom is -0.480 e. The summed E-state index contributed by atoms with van der Waals surface area (Å²) in [5.74, 6) is -0.799. The van der Waals surface area contributed by atoms with Gasteiger partial charge in [-0.3, -0.25) is 4.79 Å². The third kappa shape index (κ3) is 5.73. The van der Waals surface area contributed by atoms with Gasteiger partial charge < -0.3 is 19.9 Å². The van der Waals surface area contributed by atoms with E-state index in [0.717, 1.165) is 0 Å². The van der Waals surface area contributed by atoms with E-state index in [1.165, 1.54) is 4.90 Å². The molecule has 0 bridgehead atoms. The lowest BCUT2D eigenvalue weighted by molar-refractivity contribution is -0.137. The number of hydrogen-bond acceptors (Lipinski definition) is 3. The summed E-state index contributed by atoms with van der Waals surface area (Å²) in [5, 5.41) is 11.7. The molecule has 20 heavy (non-hydrogen) atoms. The number of carbonyl (C=O) groups is 2. The van der Waals surface area contributed by atoms with Crippen molar-refractivity contribution >= 4 is 12.0 Å². The molecule has 1 heterocycles. The smallest absolute Gasteiger partial charge is 0.323 e. The summed E-state index contributed by atoms with van der Waals surface area (Å²) in [7, 11) is 0. The predicted molar refractivity (Wildman–Crippen MR) is 74.3 cm³/mol. The molecule has 0 fully saturated rings. The molecule has 2 amide bonds. The second-order valence-corrected chi connectivity index (χ2v) is 5.28. The number of carboxylic acids is 1. The Bertz CT molecular complexity index is 431. The van der Waals surface area contributed by atoms with Crippen molar-refractivity contribution in [3.63, 3.8) is 0 Å². The van der Waals surface area contributed by atoms with E-state index in [4.69, 9.17) is 5.11 Å². The Labute approximate surface area is 118 Å². The van der Waals surface area contributed by atoms with Gasteiger partial charge in [-0.2, -0.15) is 0 Å². The summed E-state index contributed by atoms with van der Waals surface area (Å²) in [6, 6.07) is -0.464. The first-order valence-corrected chi connectivity index (χ1v) is 6.61. The molecule has 1 unspecified atom stereocenters. The van der Waals surface area contributed by atoms with E-state index in [2.05, 4.69) is 10.3 Å². The van der Waals surface area contributed by atoms with E-state index in [9.17, 15) is 9.59 Å². The number of nitrogens with zero attached hydrogens (tertiary/aromatic N) is 3. The van der Waals surface area contributed by atoms with Crippen molar-refractivity contribution in [2.75, 3.05) is 13.1 Å². The number of rotatable bonds is 7. The molecule has 1 atom stereocenters. The highest BCUT2D eigenvalue weighted by molar-refractivity contribution is 5.80. The van der Waals surface area contributed by atoms with Crippen LogP contribution >= 0.6 is 0 Å². The first kappa shape index (κ1) is 16.0. The summed E-state index contributed by atoms with van der Waals surface area (Å²) in [6.45, 7) is 6.46. The zero-order valence-corrected chi connectivity index (χ0v) is 12.1. The molecule has 0 aliphatic rings. The molecule has 112 valence electrons. The number of carbonyl (C=O) groups excluding carboxylic acids is 1. The summed E-state index contributed by atoms with van der Waals surface area (Å²) in [4.78, 5) is 28.1. The largest absolute Gasteiger partial charge is 0.480 e. The number of carboxylic acid groups (broad SMARTS) is 1. The summed E-state index contributed by atoms with van der Waals surface area (Å²) >= 11 is 0. The average molecular weight is 282 g/mol. The Morgan fingerprint density at radius 1 is 1.40 bits per heavy atom. The molecule has 1 rings (SSSR count). The van der Waals surface area contributed by atoms with Crippen LogP contribution in [0.5, 0.6) is 0 Å². The van der Waals surface area contributed by atoms with Crippen molar-refractivity contribution in [1.29, 1.82) is 0 Å². The Morgan fingerprint density at radius 2 is 2.10 bits per heavy atom. The number of amides is 2. The highest BCUT2D eigenvalue weighted by Gasteiger charge is 2.19. The lowest BCUT2D eigenvalue weighted by atomic mass is 10.2. The number of nitrogens with one attached hydrogen (secondary N) is 1. The van der Waals surface area contributed by atoms with Gasteiger partial charge in [-0.05, 0) is 12.8 Å². The molecule has 1 aromatic heterocycles. The van der Waals surface area contributed by atoms with Crippen LogP contribution in [0.25, 0.3) is 0 Å². The first-order valence-electron chi connectivity index (χ1n) is 6.61. The van der Waals surface area contributed by atoms with E-state index in [-0.39, 0.29) is 24.5 Å². The van der Waals surface area contributed by atoms with Crippen LogP contribution in [0.2, 0.25) is 0 Å². The van der Waals surface area contributed by atoms with Gasteiger partial charge in [0.25, 0.3) is 0 Å². The fraction of sp³-hybridized carbons (Fsp3) is 0.615. The topological polar surface area (TPSA) is 87.5 Å². The maximum atomic E-state index is 12.1. The Hall–Kier alpha value is -2.05. The molecule has 1 aromatic rings.